The van der Waals surface area contributed by atoms with Gasteiger partial charge in [-0.15, -0.1) is 0 Å². The molecule has 0 atom stereocenters. The van der Waals surface area contributed by atoms with Gasteiger partial charge in [0, 0.05) is 13.1 Å². The predicted molar refractivity (Wildman–Crippen MR) is 68.0 cm³/mol. The van der Waals surface area contributed by atoms with E-state index >= 15 is 0 Å². The van der Waals surface area contributed by atoms with E-state index in [0.717, 1.165) is 0 Å². The molecule has 0 saturated carbocycles. The lowest BCUT2D eigenvalue weighted by atomic mass is 10.4. The second-order valence-electron chi connectivity index (χ2n) is 3.37. The molecule has 3 N–H and O–H groups in total. The van der Waals surface area contributed by atoms with Crippen molar-refractivity contribution in [2.45, 2.75) is 13.8 Å². The second-order valence-corrected chi connectivity index (χ2v) is 3.77. The normalized spacial score (nSPS) is 10.1. The second kappa shape index (κ2) is 6.24. The highest BCUT2D eigenvalue weighted by atomic mass is 35.5. The number of nitrogens with two attached hydrogens (primary N) is 1. The van der Waals surface area contributed by atoms with Gasteiger partial charge in [0.15, 0.2) is 5.82 Å². The first kappa shape index (κ1) is 13.5. The van der Waals surface area contributed by atoms with Crippen molar-refractivity contribution in [1.29, 1.82) is 0 Å². The highest BCUT2D eigenvalue weighted by Crippen LogP contribution is 2.22. The monoisotopic (exact) mass is 257 g/mol. The molecule has 0 aliphatic carbocycles. The van der Waals surface area contributed by atoms with Gasteiger partial charge in [-0.3, -0.25) is 4.79 Å². The number of anilines is 2. The van der Waals surface area contributed by atoms with E-state index in [2.05, 4.69) is 15.3 Å². The van der Waals surface area contributed by atoms with Crippen LogP contribution in [0.5, 0.6) is 0 Å². The molecule has 0 unspecified atom stereocenters. The SMILES string of the molecule is CCNC(=O)CN(CC)c1nc(N)ncc1Cl. The lowest BCUT2D eigenvalue weighted by molar-refractivity contribution is -0.119. The molecule has 0 fully saturated rings. The molecule has 1 aromatic heterocycles. The molecule has 0 radical (unpaired) electrons. The Balaban J connectivity index is 2.85. The Morgan fingerprint density at radius 2 is 2.29 bits per heavy atom. The van der Waals surface area contributed by atoms with Crippen molar-refractivity contribution < 1.29 is 4.79 Å². The van der Waals surface area contributed by atoms with E-state index in [1.807, 2.05) is 13.8 Å². The molecule has 17 heavy (non-hydrogen) atoms. The van der Waals surface area contributed by atoms with Gasteiger partial charge in [0.25, 0.3) is 0 Å². The molecule has 0 spiro atoms. The summed E-state index contributed by atoms with van der Waals surface area (Å²) in [5.74, 6) is 0.536. The van der Waals surface area contributed by atoms with E-state index in [4.69, 9.17) is 17.3 Å². The van der Waals surface area contributed by atoms with Crippen LogP contribution in [-0.2, 0) is 4.79 Å². The Hall–Kier alpha value is -1.56. The maximum atomic E-state index is 11.5. The molecule has 0 aromatic carbocycles. The number of halogens is 1. The van der Waals surface area contributed by atoms with Gasteiger partial charge in [-0.2, -0.15) is 4.98 Å². The lowest BCUT2D eigenvalue weighted by Gasteiger charge is -2.22. The van der Waals surface area contributed by atoms with E-state index in [-0.39, 0.29) is 18.4 Å². The number of aromatic nitrogens is 2. The molecule has 1 rings (SSSR count). The summed E-state index contributed by atoms with van der Waals surface area (Å²) in [6.45, 7) is 5.17. The van der Waals surface area contributed by atoms with Gasteiger partial charge in [0.05, 0.1) is 12.7 Å². The van der Waals surface area contributed by atoms with Gasteiger partial charge in [-0.05, 0) is 13.8 Å². The highest BCUT2D eigenvalue weighted by Gasteiger charge is 2.14. The molecule has 94 valence electrons. The van der Waals surface area contributed by atoms with Gasteiger partial charge in [-0.25, -0.2) is 4.98 Å². The third kappa shape index (κ3) is 3.74. The summed E-state index contributed by atoms with van der Waals surface area (Å²) in [4.78, 5) is 21.1. The van der Waals surface area contributed by atoms with Crippen LogP contribution in [0, 0.1) is 0 Å². The molecule has 7 heteroatoms. The van der Waals surface area contributed by atoms with Crippen molar-refractivity contribution >= 4 is 29.3 Å². The number of hydrogen-bond acceptors (Lipinski definition) is 5. The minimum absolute atomic E-state index is 0.0809. The maximum Gasteiger partial charge on any atom is 0.239 e. The van der Waals surface area contributed by atoms with Crippen LogP contribution in [0.2, 0.25) is 5.02 Å². The third-order valence-electron chi connectivity index (χ3n) is 2.13. The number of nitrogens with zero attached hydrogens (tertiary/aromatic N) is 3. The standard InChI is InChI=1S/C10H16ClN5O/c1-3-13-8(17)6-16(4-2)9-7(11)5-14-10(12)15-9/h5H,3-4,6H2,1-2H3,(H,13,17)(H2,12,14,15). The number of carbonyl (C=O) groups is 1. The van der Waals surface area contributed by atoms with Crippen LogP contribution < -0.4 is 16.0 Å². The fraction of sp³-hybridized carbons (Fsp3) is 0.500. The average molecular weight is 258 g/mol. The van der Waals surface area contributed by atoms with E-state index in [1.165, 1.54) is 6.20 Å². The zero-order chi connectivity index (χ0) is 12.8. The van der Waals surface area contributed by atoms with E-state index in [9.17, 15) is 4.79 Å². The first-order valence-corrected chi connectivity index (χ1v) is 5.75. The quantitative estimate of drug-likeness (QED) is 0.810. The van der Waals surface area contributed by atoms with Crippen molar-refractivity contribution in [1.82, 2.24) is 15.3 Å². The lowest BCUT2D eigenvalue weighted by Crippen LogP contribution is -2.37. The molecular weight excluding hydrogens is 242 g/mol. The van der Waals surface area contributed by atoms with Crippen LogP contribution in [0.25, 0.3) is 0 Å². The largest absolute Gasteiger partial charge is 0.368 e. The van der Waals surface area contributed by atoms with Gasteiger partial charge < -0.3 is 16.0 Å². The molecule has 0 bridgehead atoms. The van der Waals surface area contributed by atoms with E-state index < -0.39 is 0 Å². The summed E-state index contributed by atoms with van der Waals surface area (Å²) >= 11 is 5.98. The zero-order valence-corrected chi connectivity index (χ0v) is 10.7. The first-order valence-electron chi connectivity index (χ1n) is 5.38. The van der Waals surface area contributed by atoms with Crippen LogP contribution in [0.15, 0.2) is 6.20 Å². The highest BCUT2D eigenvalue weighted by molar-refractivity contribution is 6.32. The fourth-order valence-electron chi connectivity index (χ4n) is 1.36. The Kier molecular flexibility index (Phi) is 4.96. The van der Waals surface area contributed by atoms with Crippen LogP contribution in [0.1, 0.15) is 13.8 Å². The van der Waals surface area contributed by atoms with Crippen LogP contribution in [0.3, 0.4) is 0 Å². The van der Waals surface area contributed by atoms with Gasteiger partial charge in [-0.1, -0.05) is 11.6 Å². The summed E-state index contributed by atoms with van der Waals surface area (Å²) in [7, 11) is 0. The minimum Gasteiger partial charge on any atom is -0.368 e. The number of likely N-dealkylation sites (N-methyl/N-ethyl adjacent to an activating group) is 2. The molecule has 1 amide bonds. The topological polar surface area (TPSA) is 84.1 Å². The van der Waals surface area contributed by atoms with Crippen LogP contribution in [-0.4, -0.2) is 35.5 Å². The van der Waals surface area contributed by atoms with Gasteiger partial charge in [0.1, 0.15) is 5.02 Å². The van der Waals surface area contributed by atoms with Crippen molar-refractivity contribution in [2.75, 3.05) is 30.3 Å². The maximum absolute atomic E-state index is 11.5. The number of nitrogen functional groups attached to an aromatic ring is 1. The summed E-state index contributed by atoms with van der Waals surface area (Å²) in [6.07, 6.45) is 1.43. The molecule has 1 aromatic rings. The number of nitrogens with one attached hydrogen (secondary N) is 1. The Bertz CT molecular complexity index is 398. The molecule has 0 saturated heterocycles. The van der Waals surface area contributed by atoms with E-state index in [0.29, 0.717) is 23.9 Å². The number of amides is 1. The Morgan fingerprint density at radius 1 is 1.59 bits per heavy atom. The van der Waals surface area contributed by atoms with Crippen molar-refractivity contribution in [2.24, 2.45) is 0 Å². The van der Waals surface area contributed by atoms with E-state index in [1.54, 1.807) is 4.90 Å². The first-order chi connectivity index (χ1) is 8.08. The smallest absolute Gasteiger partial charge is 0.239 e. The van der Waals surface area contributed by atoms with Crippen LogP contribution in [0.4, 0.5) is 11.8 Å². The van der Waals surface area contributed by atoms with Crippen molar-refractivity contribution in [3.63, 3.8) is 0 Å². The average Bonchev–Trinajstić information content (AvgIpc) is 2.30. The molecule has 0 aliphatic rings. The summed E-state index contributed by atoms with van der Waals surface area (Å²) < 4.78 is 0. The number of hydrogen-bond donors (Lipinski definition) is 2. The Morgan fingerprint density at radius 3 is 2.88 bits per heavy atom. The number of rotatable bonds is 5. The molecule has 0 aliphatic heterocycles. The van der Waals surface area contributed by atoms with Crippen molar-refractivity contribution in [3.8, 4) is 0 Å². The van der Waals surface area contributed by atoms with Crippen LogP contribution >= 0.6 is 11.6 Å². The third-order valence-corrected chi connectivity index (χ3v) is 2.40. The molecule has 6 nitrogen and oxygen atoms in total. The minimum atomic E-state index is -0.0809. The molecule has 1 heterocycles. The van der Waals surface area contributed by atoms with Gasteiger partial charge >= 0.3 is 0 Å². The van der Waals surface area contributed by atoms with Crippen molar-refractivity contribution in [3.05, 3.63) is 11.2 Å². The molecular formula is C10H16ClN5O. The van der Waals surface area contributed by atoms with Gasteiger partial charge in [0.2, 0.25) is 11.9 Å². The summed E-state index contributed by atoms with van der Waals surface area (Å²) in [6, 6.07) is 0. The zero-order valence-electron chi connectivity index (χ0n) is 9.90. The predicted octanol–water partition coefficient (Wildman–Crippen LogP) is 0.675. The number of carbonyl (C=O) groups excluding carboxylic acids is 1. The fourth-order valence-corrected chi connectivity index (χ4v) is 1.57. The summed E-state index contributed by atoms with van der Waals surface area (Å²) in [5, 5.41) is 3.10. The Labute approximate surface area is 105 Å². The summed E-state index contributed by atoms with van der Waals surface area (Å²) in [5.41, 5.74) is 5.50.